The lowest BCUT2D eigenvalue weighted by Crippen LogP contribution is -2.34. The van der Waals surface area contributed by atoms with Gasteiger partial charge in [-0.15, -0.1) is 0 Å². The molecule has 1 atom stereocenters. The second kappa shape index (κ2) is 8.45. The standard InChI is InChI=1S/C19H23N3O2/c23-19(21-17-9-4-11-20-14-17)22-12-10-18(15-22)24-13-5-8-16-6-2-1-3-7-16/h1-4,6-7,9,11,14,18H,5,8,10,12-13,15H2,(H,21,23)/t18-/m0/s1. The summed E-state index contributed by atoms with van der Waals surface area (Å²) < 4.78 is 5.92. The van der Waals surface area contributed by atoms with Crippen LogP contribution in [0.3, 0.4) is 0 Å². The molecular formula is C19H23N3O2. The number of carbonyl (C=O) groups is 1. The molecule has 1 aliphatic rings. The first-order chi connectivity index (χ1) is 11.8. The van der Waals surface area contributed by atoms with Crippen LogP contribution in [0.1, 0.15) is 18.4 Å². The Morgan fingerprint density at radius 3 is 2.92 bits per heavy atom. The molecule has 0 aliphatic carbocycles. The SMILES string of the molecule is O=C(Nc1cccnc1)N1CC[C@H](OCCCc2ccccc2)C1. The average molecular weight is 325 g/mol. The molecule has 1 aromatic heterocycles. The van der Waals surface area contributed by atoms with Crippen molar-refractivity contribution < 1.29 is 9.53 Å². The van der Waals surface area contributed by atoms with Crippen LogP contribution in [0, 0.1) is 0 Å². The number of benzene rings is 1. The highest BCUT2D eigenvalue weighted by Gasteiger charge is 2.26. The summed E-state index contributed by atoms with van der Waals surface area (Å²) in [6, 6.07) is 14.0. The van der Waals surface area contributed by atoms with Crippen molar-refractivity contribution in [2.24, 2.45) is 0 Å². The van der Waals surface area contributed by atoms with Gasteiger partial charge in [0.15, 0.2) is 0 Å². The summed E-state index contributed by atoms with van der Waals surface area (Å²) in [5.41, 5.74) is 2.06. The number of anilines is 1. The minimum atomic E-state index is -0.0848. The van der Waals surface area contributed by atoms with Crippen molar-refractivity contribution in [3.05, 3.63) is 60.4 Å². The van der Waals surface area contributed by atoms with Crippen molar-refractivity contribution in [3.63, 3.8) is 0 Å². The highest BCUT2D eigenvalue weighted by atomic mass is 16.5. The van der Waals surface area contributed by atoms with E-state index in [-0.39, 0.29) is 12.1 Å². The third-order valence-electron chi connectivity index (χ3n) is 4.15. The minimum Gasteiger partial charge on any atom is -0.376 e. The van der Waals surface area contributed by atoms with Gasteiger partial charge in [-0.25, -0.2) is 4.79 Å². The number of urea groups is 1. The largest absolute Gasteiger partial charge is 0.376 e. The summed E-state index contributed by atoms with van der Waals surface area (Å²) in [5.74, 6) is 0. The minimum absolute atomic E-state index is 0.0848. The maximum atomic E-state index is 12.2. The number of ether oxygens (including phenoxy) is 1. The molecule has 126 valence electrons. The normalized spacial score (nSPS) is 17.0. The number of nitrogens with zero attached hydrogens (tertiary/aromatic N) is 2. The highest BCUT2D eigenvalue weighted by molar-refractivity contribution is 5.89. The molecule has 1 aliphatic heterocycles. The van der Waals surface area contributed by atoms with E-state index in [1.54, 1.807) is 23.4 Å². The molecule has 1 saturated heterocycles. The van der Waals surface area contributed by atoms with E-state index in [2.05, 4.69) is 34.6 Å². The third-order valence-corrected chi connectivity index (χ3v) is 4.15. The van der Waals surface area contributed by atoms with E-state index < -0.39 is 0 Å². The summed E-state index contributed by atoms with van der Waals surface area (Å²) in [5, 5.41) is 2.86. The summed E-state index contributed by atoms with van der Waals surface area (Å²) in [6.07, 6.45) is 6.39. The predicted molar refractivity (Wildman–Crippen MR) is 93.9 cm³/mol. The number of hydrogen-bond donors (Lipinski definition) is 1. The maximum absolute atomic E-state index is 12.2. The van der Waals surface area contributed by atoms with Gasteiger partial charge in [0.2, 0.25) is 0 Å². The first-order valence-corrected chi connectivity index (χ1v) is 8.43. The van der Waals surface area contributed by atoms with E-state index in [4.69, 9.17) is 4.74 Å². The number of aromatic nitrogens is 1. The van der Waals surface area contributed by atoms with Crippen molar-refractivity contribution in [2.45, 2.75) is 25.4 Å². The van der Waals surface area contributed by atoms with Gasteiger partial charge in [0.1, 0.15) is 0 Å². The Morgan fingerprint density at radius 1 is 1.25 bits per heavy atom. The van der Waals surface area contributed by atoms with Crippen LogP contribution in [0.15, 0.2) is 54.9 Å². The van der Waals surface area contributed by atoms with E-state index in [0.29, 0.717) is 6.54 Å². The van der Waals surface area contributed by atoms with Crippen LogP contribution in [0.25, 0.3) is 0 Å². The second-order valence-electron chi connectivity index (χ2n) is 5.99. The van der Waals surface area contributed by atoms with Crippen LogP contribution in [0.4, 0.5) is 10.5 Å². The molecule has 1 N–H and O–H groups in total. The Hall–Kier alpha value is -2.40. The molecular weight excluding hydrogens is 302 g/mol. The average Bonchev–Trinajstić information content (AvgIpc) is 3.10. The summed E-state index contributed by atoms with van der Waals surface area (Å²) in [4.78, 5) is 18.0. The number of aryl methyl sites for hydroxylation is 1. The Morgan fingerprint density at radius 2 is 2.12 bits per heavy atom. The number of pyridine rings is 1. The molecule has 1 aromatic carbocycles. The molecule has 0 radical (unpaired) electrons. The van der Waals surface area contributed by atoms with E-state index in [0.717, 1.165) is 38.1 Å². The molecule has 2 aromatic rings. The van der Waals surface area contributed by atoms with Crippen molar-refractivity contribution in [1.29, 1.82) is 0 Å². The number of nitrogens with one attached hydrogen (secondary N) is 1. The van der Waals surface area contributed by atoms with Gasteiger partial charge in [-0.3, -0.25) is 4.98 Å². The zero-order chi connectivity index (χ0) is 16.6. The summed E-state index contributed by atoms with van der Waals surface area (Å²) in [7, 11) is 0. The van der Waals surface area contributed by atoms with E-state index in [1.807, 2.05) is 12.1 Å². The monoisotopic (exact) mass is 325 g/mol. The number of likely N-dealkylation sites (tertiary alicyclic amines) is 1. The van der Waals surface area contributed by atoms with Gasteiger partial charge in [0.05, 0.1) is 18.0 Å². The lowest BCUT2D eigenvalue weighted by molar-refractivity contribution is 0.0601. The molecule has 2 amide bonds. The fourth-order valence-electron chi connectivity index (χ4n) is 2.86. The lowest BCUT2D eigenvalue weighted by Gasteiger charge is -2.17. The zero-order valence-corrected chi connectivity index (χ0v) is 13.7. The fraction of sp³-hybridized carbons (Fsp3) is 0.368. The molecule has 24 heavy (non-hydrogen) atoms. The molecule has 1 fully saturated rings. The van der Waals surface area contributed by atoms with Gasteiger partial charge in [0.25, 0.3) is 0 Å². The van der Waals surface area contributed by atoms with Crippen LogP contribution in [0.2, 0.25) is 0 Å². The van der Waals surface area contributed by atoms with Gasteiger partial charge < -0.3 is 15.0 Å². The van der Waals surface area contributed by atoms with E-state index in [9.17, 15) is 4.79 Å². The first kappa shape index (κ1) is 16.5. The van der Waals surface area contributed by atoms with Gasteiger partial charge in [-0.1, -0.05) is 30.3 Å². The van der Waals surface area contributed by atoms with Crippen molar-refractivity contribution in [1.82, 2.24) is 9.88 Å². The Kier molecular flexibility index (Phi) is 5.80. The molecule has 0 spiro atoms. The molecule has 3 rings (SSSR count). The number of amides is 2. The maximum Gasteiger partial charge on any atom is 0.321 e. The molecule has 0 unspecified atom stereocenters. The lowest BCUT2D eigenvalue weighted by atomic mass is 10.1. The summed E-state index contributed by atoms with van der Waals surface area (Å²) >= 11 is 0. The van der Waals surface area contributed by atoms with Crippen LogP contribution in [-0.4, -0.2) is 41.7 Å². The topological polar surface area (TPSA) is 54.5 Å². The predicted octanol–water partition coefficient (Wildman–Crippen LogP) is 3.34. The quantitative estimate of drug-likeness (QED) is 0.829. The molecule has 5 nitrogen and oxygen atoms in total. The third kappa shape index (κ3) is 4.80. The fourth-order valence-corrected chi connectivity index (χ4v) is 2.86. The van der Waals surface area contributed by atoms with Crippen molar-refractivity contribution in [3.8, 4) is 0 Å². The Balaban J connectivity index is 1.35. The molecule has 5 heteroatoms. The smallest absolute Gasteiger partial charge is 0.321 e. The van der Waals surface area contributed by atoms with Crippen molar-refractivity contribution >= 4 is 11.7 Å². The number of hydrogen-bond acceptors (Lipinski definition) is 3. The van der Waals surface area contributed by atoms with Gasteiger partial charge >= 0.3 is 6.03 Å². The highest BCUT2D eigenvalue weighted by Crippen LogP contribution is 2.15. The van der Waals surface area contributed by atoms with Gasteiger partial charge in [-0.2, -0.15) is 0 Å². The zero-order valence-electron chi connectivity index (χ0n) is 13.7. The number of carbonyl (C=O) groups excluding carboxylic acids is 1. The number of rotatable bonds is 6. The van der Waals surface area contributed by atoms with E-state index in [1.165, 1.54) is 5.56 Å². The first-order valence-electron chi connectivity index (χ1n) is 8.43. The summed E-state index contributed by atoms with van der Waals surface area (Å²) in [6.45, 7) is 2.12. The van der Waals surface area contributed by atoms with Crippen LogP contribution in [-0.2, 0) is 11.2 Å². The van der Waals surface area contributed by atoms with E-state index >= 15 is 0 Å². The Bertz CT molecular complexity index is 634. The Labute approximate surface area is 142 Å². The van der Waals surface area contributed by atoms with Crippen LogP contribution < -0.4 is 5.32 Å². The van der Waals surface area contributed by atoms with Gasteiger partial charge in [-0.05, 0) is 37.0 Å². The van der Waals surface area contributed by atoms with Crippen molar-refractivity contribution in [2.75, 3.05) is 25.0 Å². The van der Waals surface area contributed by atoms with Crippen LogP contribution in [0.5, 0.6) is 0 Å². The van der Waals surface area contributed by atoms with Gasteiger partial charge in [0, 0.05) is 25.9 Å². The van der Waals surface area contributed by atoms with Crippen LogP contribution >= 0.6 is 0 Å². The second-order valence-corrected chi connectivity index (χ2v) is 5.99. The molecule has 0 saturated carbocycles. The molecule has 0 bridgehead atoms. The molecule has 2 heterocycles.